The average molecular weight is 306 g/mol. The molecular formula is C15H18N2O3S. The second-order valence-corrected chi connectivity index (χ2v) is 7.31. The van der Waals surface area contributed by atoms with Crippen molar-refractivity contribution in [3.8, 4) is 0 Å². The van der Waals surface area contributed by atoms with Gasteiger partial charge >= 0.3 is 5.97 Å². The third kappa shape index (κ3) is 2.48. The van der Waals surface area contributed by atoms with Crippen LogP contribution in [0, 0.1) is 0 Å². The van der Waals surface area contributed by atoms with Crippen LogP contribution >= 0.6 is 11.3 Å². The number of aromatic nitrogens is 2. The Hall–Kier alpha value is -1.69. The van der Waals surface area contributed by atoms with Crippen LogP contribution in [-0.4, -0.2) is 21.0 Å². The average Bonchev–Trinajstić information content (AvgIpc) is 2.76. The molecule has 2 heterocycles. The second-order valence-electron chi connectivity index (χ2n) is 6.22. The first-order valence-corrected chi connectivity index (χ1v) is 7.97. The zero-order valence-electron chi connectivity index (χ0n) is 12.2. The molecule has 2 aromatic heterocycles. The van der Waals surface area contributed by atoms with E-state index in [1.165, 1.54) is 4.88 Å². The van der Waals surface area contributed by atoms with E-state index in [1.807, 2.05) is 0 Å². The number of carbonyl (C=O) groups is 1. The Labute approximate surface area is 126 Å². The number of hydrogen-bond acceptors (Lipinski definition) is 4. The Balaban J connectivity index is 2.14. The number of carboxylic acids is 1. The normalized spacial score (nSPS) is 16.9. The van der Waals surface area contributed by atoms with Gasteiger partial charge in [-0.05, 0) is 30.2 Å². The molecule has 2 aromatic rings. The summed E-state index contributed by atoms with van der Waals surface area (Å²) in [6.07, 6.45) is 3.45. The molecule has 0 atom stereocenters. The molecule has 0 fully saturated rings. The van der Waals surface area contributed by atoms with Crippen molar-refractivity contribution >= 4 is 27.5 Å². The smallest absolute Gasteiger partial charge is 0.303 e. The summed E-state index contributed by atoms with van der Waals surface area (Å²) in [4.78, 5) is 32.3. The number of hydrogen-bond donors (Lipinski definition) is 2. The molecular weight excluding hydrogens is 288 g/mol. The predicted octanol–water partition coefficient (Wildman–Crippen LogP) is 2.62. The Morgan fingerprint density at radius 3 is 2.95 bits per heavy atom. The largest absolute Gasteiger partial charge is 0.481 e. The molecule has 0 aromatic carbocycles. The van der Waals surface area contributed by atoms with E-state index >= 15 is 0 Å². The number of aliphatic carboxylic acids is 1. The van der Waals surface area contributed by atoms with Gasteiger partial charge in [-0.3, -0.25) is 9.59 Å². The van der Waals surface area contributed by atoms with Gasteiger partial charge in [0.15, 0.2) is 0 Å². The van der Waals surface area contributed by atoms with Gasteiger partial charge in [0.2, 0.25) is 0 Å². The second kappa shape index (κ2) is 4.94. The summed E-state index contributed by atoms with van der Waals surface area (Å²) >= 11 is 1.59. The van der Waals surface area contributed by atoms with E-state index < -0.39 is 5.97 Å². The van der Waals surface area contributed by atoms with Gasteiger partial charge in [0.25, 0.3) is 5.56 Å². The standard InChI is InChI=1S/C15H18N2O3S/c1-15(2)7-3-4-8-12(15)11-13(20)16-9(5-6-10(18)19)17-14(11)21-8/h3-7H2,1-2H3,(H,18,19)(H,16,17,20). The summed E-state index contributed by atoms with van der Waals surface area (Å²) in [7, 11) is 0. The summed E-state index contributed by atoms with van der Waals surface area (Å²) in [6, 6.07) is 0. The van der Waals surface area contributed by atoms with Gasteiger partial charge in [0, 0.05) is 11.3 Å². The molecule has 3 rings (SSSR count). The Morgan fingerprint density at radius 2 is 2.24 bits per heavy atom. The maximum atomic E-state index is 12.4. The fraction of sp³-hybridized carbons (Fsp3) is 0.533. The van der Waals surface area contributed by atoms with Gasteiger partial charge in [-0.15, -0.1) is 11.3 Å². The molecule has 2 N–H and O–H groups in total. The fourth-order valence-electron chi connectivity index (χ4n) is 3.15. The molecule has 0 bridgehead atoms. The van der Waals surface area contributed by atoms with Crippen LogP contribution in [0.15, 0.2) is 4.79 Å². The number of aryl methyl sites for hydroxylation is 2. The van der Waals surface area contributed by atoms with Crippen molar-refractivity contribution in [3.05, 3.63) is 26.6 Å². The molecule has 1 aliphatic carbocycles. The van der Waals surface area contributed by atoms with Gasteiger partial charge in [-0.25, -0.2) is 4.98 Å². The lowest BCUT2D eigenvalue weighted by Gasteiger charge is -2.30. The first kappa shape index (κ1) is 14.3. The topological polar surface area (TPSA) is 83.0 Å². The van der Waals surface area contributed by atoms with Crippen LogP contribution in [0.2, 0.25) is 0 Å². The van der Waals surface area contributed by atoms with Gasteiger partial charge in [0.1, 0.15) is 10.7 Å². The Morgan fingerprint density at radius 1 is 1.48 bits per heavy atom. The first-order valence-electron chi connectivity index (χ1n) is 7.15. The number of H-pyrrole nitrogens is 1. The highest BCUT2D eigenvalue weighted by molar-refractivity contribution is 7.18. The summed E-state index contributed by atoms with van der Waals surface area (Å²) < 4.78 is 0. The molecule has 6 heteroatoms. The van der Waals surface area contributed by atoms with Crippen LogP contribution in [-0.2, 0) is 23.1 Å². The zero-order valence-corrected chi connectivity index (χ0v) is 13.0. The maximum absolute atomic E-state index is 12.4. The lowest BCUT2D eigenvalue weighted by atomic mass is 9.75. The van der Waals surface area contributed by atoms with E-state index in [4.69, 9.17) is 5.11 Å². The molecule has 0 unspecified atom stereocenters. The lowest BCUT2D eigenvalue weighted by Crippen LogP contribution is -2.25. The third-order valence-corrected chi connectivity index (χ3v) is 5.29. The fourth-order valence-corrected chi connectivity index (χ4v) is 4.56. The van der Waals surface area contributed by atoms with Gasteiger partial charge in [0.05, 0.1) is 11.8 Å². The Bertz CT molecular complexity index is 773. The molecule has 0 radical (unpaired) electrons. The lowest BCUT2D eigenvalue weighted by molar-refractivity contribution is -0.137. The third-order valence-electron chi connectivity index (χ3n) is 4.14. The van der Waals surface area contributed by atoms with Crippen LogP contribution in [0.4, 0.5) is 0 Å². The minimum absolute atomic E-state index is 0.00307. The molecule has 0 aliphatic heterocycles. The molecule has 0 saturated carbocycles. The summed E-state index contributed by atoms with van der Waals surface area (Å²) in [5.74, 6) is -0.421. The van der Waals surface area contributed by atoms with Crippen molar-refractivity contribution in [3.63, 3.8) is 0 Å². The highest BCUT2D eigenvalue weighted by atomic mass is 32.1. The van der Waals surface area contributed by atoms with Crippen LogP contribution in [0.25, 0.3) is 10.2 Å². The molecule has 0 amide bonds. The highest BCUT2D eigenvalue weighted by Gasteiger charge is 2.32. The number of thiophene rings is 1. The van der Waals surface area contributed by atoms with Gasteiger partial charge in [-0.1, -0.05) is 13.8 Å². The molecule has 0 saturated heterocycles. The van der Waals surface area contributed by atoms with E-state index in [0.717, 1.165) is 29.7 Å². The first-order chi connectivity index (χ1) is 9.88. The van der Waals surface area contributed by atoms with E-state index in [-0.39, 0.29) is 23.8 Å². The van der Waals surface area contributed by atoms with Crippen molar-refractivity contribution in [2.24, 2.45) is 0 Å². The number of aromatic amines is 1. The summed E-state index contributed by atoms with van der Waals surface area (Å²) in [5, 5.41) is 9.45. The van der Waals surface area contributed by atoms with Crippen LogP contribution in [0.1, 0.15) is 49.4 Å². The number of rotatable bonds is 3. The molecule has 112 valence electrons. The highest BCUT2D eigenvalue weighted by Crippen LogP contribution is 2.43. The van der Waals surface area contributed by atoms with Crippen molar-refractivity contribution in [1.29, 1.82) is 0 Å². The number of fused-ring (bicyclic) bond motifs is 3. The van der Waals surface area contributed by atoms with Crippen molar-refractivity contribution in [2.75, 3.05) is 0 Å². The van der Waals surface area contributed by atoms with E-state index in [0.29, 0.717) is 11.2 Å². The monoisotopic (exact) mass is 306 g/mol. The van der Waals surface area contributed by atoms with E-state index in [9.17, 15) is 9.59 Å². The van der Waals surface area contributed by atoms with E-state index in [2.05, 4.69) is 23.8 Å². The molecule has 0 spiro atoms. The minimum atomic E-state index is -0.885. The van der Waals surface area contributed by atoms with Crippen molar-refractivity contribution in [2.45, 2.75) is 51.4 Å². The van der Waals surface area contributed by atoms with Crippen LogP contribution < -0.4 is 5.56 Å². The van der Waals surface area contributed by atoms with Crippen molar-refractivity contribution < 1.29 is 9.90 Å². The van der Waals surface area contributed by atoms with Crippen LogP contribution in [0.5, 0.6) is 0 Å². The summed E-state index contributed by atoms with van der Waals surface area (Å²) in [5.41, 5.74) is 1.02. The zero-order chi connectivity index (χ0) is 15.2. The quantitative estimate of drug-likeness (QED) is 0.913. The van der Waals surface area contributed by atoms with Gasteiger partial charge < -0.3 is 10.1 Å². The van der Waals surface area contributed by atoms with Crippen LogP contribution in [0.3, 0.4) is 0 Å². The Kier molecular flexibility index (Phi) is 3.36. The SMILES string of the molecule is CC1(C)CCCc2sc3nc(CCC(=O)O)[nH]c(=O)c3c21. The summed E-state index contributed by atoms with van der Waals surface area (Å²) in [6.45, 7) is 4.35. The molecule has 21 heavy (non-hydrogen) atoms. The number of carboxylic acid groups (broad SMARTS) is 1. The number of nitrogens with one attached hydrogen (secondary N) is 1. The van der Waals surface area contributed by atoms with E-state index in [1.54, 1.807) is 11.3 Å². The maximum Gasteiger partial charge on any atom is 0.303 e. The van der Waals surface area contributed by atoms with Gasteiger partial charge in [-0.2, -0.15) is 0 Å². The molecule has 5 nitrogen and oxygen atoms in total. The number of nitrogens with zero attached hydrogens (tertiary/aromatic N) is 1. The minimum Gasteiger partial charge on any atom is -0.481 e. The van der Waals surface area contributed by atoms with Crippen molar-refractivity contribution in [1.82, 2.24) is 9.97 Å². The molecule has 1 aliphatic rings. The predicted molar refractivity (Wildman–Crippen MR) is 82.2 cm³/mol.